The van der Waals surface area contributed by atoms with Gasteiger partial charge in [0, 0.05) is 12.8 Å². The van der Waals surface area contributed by atoms with E-state index in [0.717, 1.165) is 38.5 Å². The van der Waals surface area contributed by atoms with Gasteiger partial charge in [-0.25, -0.2) is 4.57 Å². The maximum absolute atomic E-state index is 12.6. The highest BCUT2D eigenvalue weighted by atomic mass is 31.2. The zero-order valence-electron chi connectivity index (χ0n) is 33.8. The molecule has 0 bridgehead atoms. The van der Waals surface area contributed by atoms with E-state index in [4.69, 9.17) is 24.8 Å². The standard InChI is InChI=1S/C42H76NO10P/c1-3-5-7-9-11-13-15-17-18-19-20-22-24-26-28-30-32-34-41(45)53-38(36-51-54(48,49)52-37-39(43)42(46)47)35-50-40(44)33-31-29-27-25-23-21-16-14-12-10-8-6-4-2/h17-18,20,22,26,28,38-39H,3-16,19,21,23-25,27,29-37,43H2,1-2H3,(H,46,47)(H,48,49)/b18-17+,22-20+,28-26+/t38-,39+/m1/s1. The van der Waals surface area contributed by atoms with Gasteiger partial charge in [0.05, 0.1) is 13.2 Å². The number of carbonyl (C=O) groups is 3. The van der Waals surface area contributed by atoms with Crippen molar-refractivity contribution in [3.63, 3.8) is 0 Å². The Bertz CT molecular complexity index is 1060. The summed E-state index contributed by atoms with van der Waals surface area (Å²) >= 11 is 0. The van der Waals surface area contributed by atoms with Crippen LogP contribution >= 0.6 is 7.82 Å². The minimum Gasteiger partial charge on any atom is -0.480 e. The fourth-order valence-electron chi connectivity index (χ4n) is 5.55. The second-order valence-electron chi connectivity index (χ2n) is 14.1. The maximum atomic E-state index is 12.6. The minimum atomic E-state index is -4.72. The molecule has 0 aliphatic carbocycles. The molecule has 0 fully saturated rings. The molecule has 12 heteroatoms. The number of unbranched alkanes of at least 4 members (excludes halogenated alkanes) is 19. The molecule has 0 amide bonds. The normalized spacial score (nSPS) is 14.1. The number of phosphoric acid groups is 1. The van der Waals surface area contributed by atoms with E-state index in [0.29, 0.717) is 19.3 Å². The molecule has 314 valence electrons. The smallest absolute Gasteiger partial charge is 0.472 e. The van der Waals surface area contributed by atoms with E-state index in [2.05, 4.69) is 42.7 Å². The van der Waals surface area contributed by atoms with Crippen molar-refractivity contribution in [3.8, 4) is 0 Å². The molecule has 0 radical (unpaired) electrons. The van der Waals surface area contributed by atoms with E-state index >= 15 is 0 Å². The Morgan fingerprint density at radius 2 is 1.00 bits per heavy atom. The molecule has 0 saturated heterocycles. The van der Waals surface area contributed by atoms with Crippen LogP contribution in [0.15, 0.2) is 36.5 Å². The highest BCUT2D eigenvalue weighted by Gasteiger charge is 2.28. The largest absolute Gasteiger partial charge is 0.480 e. The number of phosphoric ester groups is 1. The van der Waals surface area contributed by atoms with E-state index in [1.807, 2.05) is 12.2 Å². The summed E-state index contributed by atoms with van der Waals surface area (Å²) in [5, 5.41) is 8.87. The van der Waals surface area contributed by atoms with Gasteiger partial charge in [-0.05, 0) is 44.9 Å². The highest BCUT2D eigenvalue weighted by Crippen LogP contribution is 2.43. The number of allylic oxidation sites excluding steroid dienone is 6. The lowest BCUT2D eigenvalue weighted by atomic mass is 10.0. The van der Waals surface area contributed by atoms with E-state index in [1.54, 1.807) is 0 Å². The Hall–Kier alpha value is -2.30. The van der Waals surface area contributed by atoms with Crippen LogP contribution in [-0.2, 0) is 37.5 Å². The maximum Gasteiger partial charge on any atom is 0.472 e. The first-order valence-corrected chi connectivity index (χ1v) is 22.5. The number of hydrogen-bond donors (Lipinski definition) is 3. The van der Waals surface area contributed by atoms with Gasteiger partial charge in [-0.1, -0.05) is 159 Å². The van der Waals surface area contributed by atoms with Crippen molar-refractivity contribution < 1.29 is 47.5 Å². The van der Waals surface area contributed by atoms with Crippen molar-refractivity contribution in [2.75, 3.05) is 19.8 Å². The molecule has 0 saturated carbocycles. The first-order chi connectivity index (χ1) is 26.1. The molecule has 0 aliphatic heterocycles. The minimum absolute atomic E-state index is 0.0910. The number of aliphatic carboxylic acids is 1. The summed E-state index contributed by atoms with van der Waals surface area (Å²) in [5.74, 6) is -2.44. The van der Waals surface area contributed by atoms with Gasteiger partial charge >= 0.3 is 25.7 Å². The first kappa shape index (κ1) is 51.7. The third-order valence-electron chi connectivity index (χ3n) is 8.89. The average molecular weight is 786 g/mol. The summed E-state index contributed by atoms with van der Waals surface area (Å²) < 4.78 is 32.6. The van der Waals surface area contributed by atoms with Crippen molar-refractivity contribution in [3.05, 3.63) is 36.5 Å². The van der Waals surface area contributed by atoms with Crippen LogP contribution < -0.4 is 5.73 Å². The fourth-order valence-corrected chi connectivity index (χ4v) is 6.33. The second kappa shape index (κ2) is 37.6. The van der Waals surface area contributed by atoms with E-state index < -0.39 is 51.1 Å². The molecule has 0 heterocycles. The number of rotatable bonds is 39. The predicted molar refractivity (Wildman–Crippen MR) is 217 cm³/mol. The Balaban J connectivity index is 4.47. The monoisotopic (exact) mass is 786 g/mol. The van der Waals surface area contributed by atoms with Gasteiger partial charge in [-0.2, -0.15) is 0 Å². The molecule has 11 nitrogen and oxygen atoms in total. The van der Waals surface area contributed by atoms with Crippen molar-refractivity contribution in [2.24, 2.45) is 5.73 Å². The molecule has 0 spiro atoms. The van der Waals surface area contributed by atoms with Gasteiger partial charge in [0.1, 0.15) is 12.6 Å². The van der Waals surface area contributed by atoms with E-state index in [1.165, 1.54) is 96.3 Å². The van der Waals surface area contributed by atoms with Gasteiger partial charge in [-0.15, -0.1) is 0 Å². The summed E-state index contributed by atoms with van der Waals surface area (Å²) in [6.07, 6.45) is 39.3. The van der Waals surface area contributed by atoms with Crippen LogP contribution in [0, 0.1) is 0 Å². The molecule has 1 unspecified atom stereocenters. The van der Waals surface area contributed by atoms with E-state index in [-0.39, 0.29) is 19.4 Å². The topological polar surface area (TPSA) is 172 Å². The van der Waals surface area contributed by atoms with Crippen LogP contribution in [0.25, 0.3) is 0 Å². The molecular formula is C42H76NO10P. The van der Waals surface area contributed by atoms with Crippen LogP contribution in [0.4, 0.5) is 0 Å². The zero-order chi connectivity index (χ0) is 40.0. The Morgan fingerprint density at radius 1 is 0.574 bits per heavy atom. The van der Waals surface area contributed by atoms with Crippen molar-refractivity contribution in [1.29, 1.82) is 0 Å². The van der Waals surface area contributed by atoms with E-state index in [9.17, 15) is 23.8 Å². The van der Waals surface area contributed by atoms with Gasteiger partial charge in [0.15, 0.2) is 6.10 Å². The predicted octanol–water partition coefficient (Wildman–Crippen LogP) is 10.8. The van der Waals surface area contributed by atoms with Crippen LogP contribution in [0.1, 0.15) is 181 Å². The van der Waals surface area contributed by atoms with Crippen molar-refractivity contribution >= 4 is 25.7 Å². The molecule has 0 aliphatic rings. The van der Waals surface area contributed by atoms with Gasteiger partial charge in [0.2, 0.25) is 0 Å². The number of nitrogens with two attached hydrogens (primary N) is 1. The number of hydrogen-bond acceptors (Lipinski definition) is 9. The molecule has 3 atom stereocenters. The summed E-state index contributed by atoms with van der Waals surface area (Å²) in [6, 6.07) is -1.53. The third-order valence-corrected chi connectivity index (χ3v) is 9.84. The van der Waals surface area contributed by atoms with Crippen LogP contribution in [0.3, 0.4) is 0 Å². The van der Waals surface area contributed by atoms with Crippen molar-refractivity contribution in [2.45, 2.75) is 193 Å². The van der Waals surface area contributed by atoms with Gasteiger partial charge in [-0.3, -0.25) is 23.4 Å². The number of esters is 2. The summed E-state index contributed by atoms with van der Waals surface area (Å²) in [5.41, 5.74) is 5.32. The molecule has 0 aromatic carbocycles. The van der Waals surface area contributed by atoms with Crippen LogP contribution in [0.5, 0.6) is 0 Å². The molecule has 0 aromatic rings. The number of carbonyl (C=O) groups excluding carboxylic acids is 2. The number of carboxylic acid groups (broad SMARTS) is 1. The summed E-state index contributed by atoms with van der Waals surface area (Å²) in [6.45, 7) is 2.74. The molecule has 54 heavy (non-hydrogen) atoms. The molecule has 0 aromatic heterocycles. The van der Waals surface area contributed by atoms with Crippen molar-refractivity contribution in [1.82, 2.24) is 0 Å². The van der Waals surface area contributed by atoms with Crippen LogP contribution in [0.2, 0.25) is 0 Å². The van der Waals surface area contributed by atoms with Gasteiger partial charge in [0.25, 0.3) is 0 Å². The second-order valence-corrected chi connectivity index (χ2v) is 15.6. The fraction of sp³-hybridized carbons (Fsp3) is 0.786. The lowest BCUT2D eigenvalue weighted by Crippen LogP contribution is -2.34. The Labute approximate surface area is 327 Å². The third kappa shape index (κ3) is 36.7. The number of ether oxygens (including phenoxy) is 2. The first-order valence-electron chi connectivity index (χ1n) is 21.0. The van der Waals surface area contributed by atoms with Gasteiger partial charge < -0.3 is 25.2 Å². The lowest BCUT2D eigenvalue weighted by molar-refractivity contribution is -0.161. The Morgan fingerprint density at radius 3 is 1.52 bits per heavy atom. The SMILES string of the molecule is CCCCCCCC/C=C/C/C=C/C/C=C/CCCC(=O)O[C@H](COC(=O)CCCCCCCCCCCCCCC)COP(=O)(O)OC[C@H](N)C(=O)O. The zero-order valence-corrected chi connectivity index (χ0v) is 34.7. The molecule has 4 N–H and O–H groups in total. The lowest BCUT2D eigenvalue weighted by Gasteiger charge is -2.20. The molecular weight excluding hydrogens is 709 g/mol. The Kier molecular flexibility index (Phi) is 36.0. The quantitative estimate of drug-likeness (QED) is 0.0234. The average Bonchev–Trinajstić information content (AvgIpc) is 3.14. The molecule has 0 rings (SSSR count). The summed E-state index contributed by atoms with van der Waals surface area (Å²) in [4.78, 5) is 45.8. The van der Waals surface area contributed by atoms with Crippen LogP contribution in [-0.4, -0.2) is 59.9 Å². The number of carboxylic acids is 1. The highest BCUT2D eigenvalue weighted by molar-refractivity contribution is 7.47. The summed E-state index contributed by atoms with van der Waals surface area (Å²) in [7, 11) is -4.72.